The van der Waals surface area contributed by atoms with Gasteiger partial charge in [-0.1, -0.05) is 24.3 Å². The molecule has 0 atom stereocenters. The molecule has 138 valence electrons. The summed E-state index contributed by atoms with van der Waals surface area (Å²) in [6.07, 6.45) is -0.00439. The first-order valence-corrected chi connectivity index (χ1v) is 8.91. The molecule has 0 radical (unpaired) electrons. The van der Waals surface area contributed by atoms with Crippen molar-refractivity contribution in [3.8, 4) is 11.5 Å². The van der Waals surface area contributed by atoms with Crippen molar-refractivity contribution in [2.75, 3.05) is 5.32 Å². The molecule has 6 heteroatoms. The van der Waals surface area contributed by atoms with Crippen molar-refractivity contribution in [3.63, 3.8) is 0 Å². The lowest BCUT2D eigenvalue weighted by molar-refractivity contribution is 0.0972. The van der Waals surface area contributed by atoms with Crippen LogP contribution in [0.25, 0.3) is 0 Å². The monoisotopic (exact) mass is 372 g/mol. The smallest absolute Gasteiger partial charge is 0.261 e. The minimum atomic E-state index is -0.332. The summed E-state index contributed by atoms with van der Waals surface area (Å²) in [7, 11) is 0. The predicted molar refractivity (Wildman–Crippen MR) is 108 cm³/mol. The number of benzene rings is 2. The van der Waals surface area contributed by atoms with Crippen molar-refractivity contribution in [2.24, 2.45) is 0 Å². The predicted octanol–water partition coefficient (Wildman–Crippen LogP) is 4.39. The Balaban J connectivity index is 2.08. The summed E-state index contributed by atoms with van der Waals surface area (Å²) < 4.78 is 11.4. The molecule has 2 rings (SSSR count). The molecule has 2 aromatic carbocycles. The van der Waals surface area contributed by atoms with E-state index in [1.54, 1.807) is 18.2 Å². The van der Waals surface area contributed by atoms with Crippen molar-refractivity contribution in [1.82, 2.24) is 5.32 Å². The lowest BCUT2D eigenvalue weighted by atomic mass is 10.2. The van der Waals surface area contributed by atoms with Crippen LogP contribution >= 0.6 is 12.2 Å². The van der Waals surface area contributed by atoms with Crippen LogP contribution in [0.2, 0.25) is 0 Å². The van der Waals surface area contributed by atoms with E-state index < -0.39 is 0 Å². The van der Waals surface area contributed by atoms with E-state index in [2.05, 4.69) is 10.6 Å². The molecule has 0 aliphatic rings. The quantitative estimate of drug-likeness (QED) is 0.737. The van der Waals surface area contributed by atoms with Crippen LogP contribution in [0.5, 0.6) is 11.5 Å². The maximum atomic E-state index is 12.6. The molecular formula is C20H24N2O3S. The second kappa shape index (κ2) is 9.20. The van der Waals surface area contributed by atoms with E-state index in [1.807, 2.05) is 58.0 Å². The molecule has 26 heavy (non-hydrogen) atoms. The molecule has 0 saturated heterocycles. The van der Waals surface area contributed by atoms with Gasteiger partial charge < -0.3 is 14.8 Å². The summed E-state index contributed by atoms with van der Waals surface area (Å²) in [4.78, 5) is 12.6. The lowest BCUT2D eigenvalue weighted by Crippen LogP contribution is -2.34. The van der Waals surface area contributed by atoms with Crippen LogP contribution < -0.4 is 20.1 Å². The van der Waals surface area contributed by atoms with Gasteiger partial charge in [-0.05, 0) is 64.2 Å². The average Bonchev–Trinajstić information content (AvgIpc) is 2.56. The Morgan fingerprint density at radius 1 is 0.885 bits per heavy atom. The summed E-state index contributed by atoms with van der Waals surface area (Å²) in [5.74, 6) is 0.856. The van der Waals surface area contributed by atoms with Crippen molar-refractivity contribution in [1.29, 1.82) is 0 Å². The molecule has 0 unspecified atom stereocenters. The highest BCUT2D eigenvalue weighted by Gasteiger charge is 2.15. The molecule has 0 fully saturated rings. The summed E-state index contributed by atoms with van der Waals surface area (Å²) in [6, 6.07) is 14.5. The number of hydrogen-bond donors (Lipinski definition) is 2. The topological polar surface area (TPSA) is 59.6 Å². The van der Waals surface area contributed by atoms with Gasteiger partial charge in [0.05, 0.1) is 23.5 Å². The molecule has 5 nitrogen and oxygen atoms in total. The van der Waals surface area contributed by atoms with Gasteiger partial charge in [-0.2, -0.15) is 0 Å². The fraction of sp³-hybridized carbons (Fsp3) is 0.300. The Kier molecular flexibility index (Phi) is 6.97. The van der Waals surface area contributed by atoms with E-state index in [4.69, 9.17) is 21.7 Å². The summed E-state index contributed by atoms with van der Waals surface area (Å²) in [6.45, 7) is 7.71. The highest BCUT2D eigenvalue weighted by Crippen LogP contribution is 2.25. The molecule has 0 aliphatic heterocycles. The zero-order valence-electron chi connectivity index (χ0n) is 15.4. The Morgan fingerprint density at radius 2 is 1.42 bits per heavy atom. The molecular weight excluding hydrogens is 348 g/mol. The van der Waals surface area contributed by atoms with E-state index in [9.17, 15) is 4.79 Å². The number of amides is 1. The maximum Gasteiger partial charge on any atom is 0.261 e. The molecule has 0 heterocycles. The maximum absolute atomic E-state index is 12.6. The average molecular weight is 372 g/mol. The van der Waals surface area contributed by atoms with Crippen molar-refractivity contribution in [2.45, 2.75) is 39.9 Å². The Bertz CT molecular complexity index is 775. The SMILES string of the molecule is CC(C)Oc1ccccc1NC(=S)NC(=O)c1ccccc1OC(C)C. The number of hydrogen-bond acceptors (Lipinski definition) is 4. The minimum Gasteiger partial charge on any atom is -0.490 e. The van der Waals surface area contributed by atoms with Gasteiger partial charge in [0.25, 0.3) is 5.91 Å². The Hall–Kier alpha value is -2.60. The standard InChI is InChI=1S/C20H24N2O3S/c1-13(2)24-17-11-7-5-9-15(17)19(23)22-20(26)21-16-10-6-8-12-18(16)25-14(3)4/h5-14H,1-4H3,(H2,21,22,23,26). The molecule has 0 saturated carbocycles. The number of para-hydroxylation sites is 3. The van der Waals surface area contributed by atoms with Gasteiger partial charge in [-0.3, -0.25) is 10.1 Å². The lowest BCUT2D eigenvalue weighted by Gasteiger charge is -2.17. The van der Waals surface area contributed by atoms with Gasteiger partial charge in [0, 0.05) is 0 Å². The Morgan fingerprint density at radius 3 is 2.08 bits per heavy atom. The third kappa shape index (κ3) is 5.74. The van der Waals surface area contributed by atoms with Crippen molar-refractivity contribution < 1.29 is 14.3 Å². The van der Waals surface area contributed by atoms with Gasteiger partial charge in [0.1, 0.15) is 11.5 Å². The first kappa shape index (κ1) is 19.7. The van der Waals surface area contributed by atoms with Crippen LogP contribution in [0.3, 0.4) is 0 Å². The Labute approximate surface area is 159 Å². The van der Waals surface area contributed by atoms with Crippen LogP contribution in [0, 0.1) is 0 Å². The number of anilines is 1. The van der Waals surface area contributed by atoms with E-state index in [1.165, 1.54) is 0 Å². The zero-order valence-corrected chi connectivity index (χ0v) is 16.2. The fourth-order valence-electron chi connectivity index (χ4n) is 2.26. The first-order valence-electron chi connectivity index (χ1n) is 8.50. The van der Waals surface area contributed by atoms with Crippen LogP contribution in [-0.4, -0.2) is 23.2 Å². The van der Waals surface area contributed by atoms with Crippen LogP contribution in [0.15, 0.2) is 48.5 Å². The molecule has 1 amide bonds. The number of rotatable bonds is 6. The summed E-state index contributed by atoms with van der Waals surface area (Å²) in [5, 5.41) is 5.88. The number of thiocarbonyl (C=S) groups is 1. The van der Waals surface area contributed by atoms with Crippen molar-refractivity contribution >= 4 is 28.9 Å². The number of carbonyl (C=O) groups excluding carboxylic acids is 1. The van der Waals surface area contributed by atoms with Gasteiger partial charge in [0.15, 0.2) is 5.11 Å². The third-order valence-corrected chi connectivity index (χ3v) is 3.42. The highest BCUT2D eigenvalue weighted by atomic mass is 32.1. The van der Waals surface area contributed by atoms with Crippen LogP contribution in [0.4, 0.5) is 5.69 Å². The second-order valence-corrected chi connectivity index (χ2v) is 6.64. The van der Waals surface area contributed by atoms with Crippen LogP contribution in [-0.2, 0) is 0 Å². The van der Waals surface area contributed by atoms with E-state index in [0.29, 0.717) is 22.7 Å². The van der Waals surface area contributed by atoms with Crippen molar-refractivity contribution in [3.05, 3.63) is 54.1 Å². The van der Waals surface area contributed by atoms with Crippen LogP contribution in [0.1, 0.15) is 38.1 Å². The fourth-order valence-corrected chi connectivity index (χ4v) is 2.46. The zero-order chi connectivity index (χ0) is 19.1. The molecule has 2 aromatic rings. The van der Waals surface area contributed by atoms with Gasteiger partial charge >= 0.3 is 0 Å². The molecule has 2 N–H and O–H groups in total. The number of carbonyl (C=O) groups is 1. The summed E-state index contributed by atoms with van der Waals surface area (Å²) in [5.41, 5.74) is 1.12. The number of nitrogens with one attached hydrogen (secondary N) is 2. The normalized spacial score (nSPS) is 10.5. The molecule has 0 bridgehead atoms. The van der Waals surface area contributed by atoms with E-state index >= 15 is 0 Å². The van der Waals surface area contributed by atoms with E-state index in [0.717, 1.165) is 0 Å². The minimum absolute atomic E-state index is 0.0289. The molecule has 0 aliphatic carbocycles. The van der Waals surface area contributed by atoms with Gasteiger partial charge in [-0.15, -0.1) is 0 Å². The largest absolute Gasteiger partial charge is 0.490 e. The second-order valence-electron chi connectivity index (χ2n) is 6.23. The molecule has 0 spiro atoms. The first-order chi connectivity index (χ1) is 12.4. The highest BCUT2D eigenvalue weighted by molar-refractivity contribution is 7.80. The molecule has 0 aromatic heterocycles. The number of ether oxygens (including phenoxy) is 2. The third-order valence-electron chi connectivity index (χ3n) is 3.22. The van der Waals surface area contributed by atoms with Gasteiger partial charge in [-0.25, -0.2) is 0 Å². The summed E-state index contributed by atoms with van der Waals surface area (Å²) >= 11 is 5.28. The van der Waals surface area contributed by atoms with E-state index in [-0.39, 0.29) is 23.2 Å². The van der Waals surface area contributed by atoms with Gasteiger partial charge in [0.2, 0.25) is 0 Å².